The lowest BCUT2D eigenvalue weighted by Crippen LogP contribution is -2.40. The van der Waals surface area contributed by atoms with Gasteiger partial charge in [-0.3, -0.25) is 9.36 Å². The Morgan fingerprint density at radius 1 is 0.919 bits per heavy atom. The zero-order chi connectivity index (χ0) is 26.2. The molecular weight excluding hydrogens is 462 g/mol. The largest absolute Gasteiger partial charge is 0.351 e. The first kappa shape index (κ1) is 26.1. The number of benzene rings is 3. The summed E-state index contributed by atoms with van der Waals surface area (Å²) in [5.74, 6) is -0.635. The molecule has 0 aliphatic heterocycles. The molecule has 2 amide bonds. The van der Waals surface area contributed by atoms with E-state index in [1.807, 2.05) is 92.0 Å². The molecule has 0 fully saturated rings. The first-order valence-electron chi connectivity index (χ1n) is 12.7. The average Bonchev–Trinajstić information content (AvgIpc) is 3.31. The van der Waals surface area contributed by atoms with Gasteiger partial charge in [0.2, 0.25) is 5.91 Å². The first-order valence-corrected chi connectivity index (χ1v) is 12.7. The van der Waals surface area contributed by atoms with Crippen molar-refractivity contribution < 1.29 is 9.59 Å². The molecule has 7 heteroatoms. The standard InChI is InChI=1S/C30H35N5O2/c1-3-32-18-19-33-28(23-14-8-5-9-15-23)27(29(36)34(2)20-22-12-6-4-7-13-22)25-21-35(30(31)37)26-17-11-10-16-24(25)26/h4-17,21,27-28,32-33H,3,18-20H2,1-2H3,(H2,31,37). The topological polar surface area (TPSA) is 92.4 Å². The summed E-state index contributed by atoms with van der Waals surface area (Å²) in [6, 6.07) is 26.6. The molecule has 0 saturated carbocycles. The average molecular weight is 498 g/mol. The highest BCUT2D eigenvalue weighted by molar-refractivity contribution is 5.97. The molecule has 0 radical (unpaired) electrons. The molecule has 0 aliphatic rings. The number of para-hydroxylation sites is 1. The van der Waals surface area contributed by atoms with Crippen molar-refractivity contribution in [2.75, 3.05) is 26.7 Å². The van der Waals surface area contributed by atoms with Gasteiger partial charge < -0.3 is 21.3 Å². The Morgan fingerprint density at radius 3 is 2.24 bits per heavy atom. The molecule has 2 atom stereocenters. The van der Waals surface area contributed by atoms with E-state index in [9.17, 15) is 9.59 Å². The second-order valence-corrected chi connectivity index (χ2v) is 9.16. The van der Waals surface area contributed by atoms with Gasteiger partial charge in [-0.15, -0.1) is 0 Å². The summed E-state index contributed by atoms with van der Waals surface area (Å²) < 4.78 is 1.43. The van der Waals surface area contributed by atoms with Crippen molar-refractivity contribution in [1.29, 1.82) is 0 Å². The number of carbonyl (C=O) groups excluding carboxylic acids is 2. The van der Waals surface area contributed by atoms with Gasteiger partial charge >= 0.3 is 6.03 Å². The predicted octanol–water partition coefficient (Wildman–Crippen LogP) is 4.25. The quantitative estimate of drug-likeness (QED) is 0.270. The number of carbonyl (C=O) groups is 2. The number of nitrogens with one attached hydrogen (secondary N) is 2. The summed E-state index contributed by atoms with van der Waals surface area (Å²) >= 11 is 0. The maximum atomic E-state index is 14.3. The molecule has 1 heterocycles. The fraction of sp³-hybridized carbons (Fsp3) is 0.267. The molecule has 3 aromatic carbocycles. The fourth-order valence-corrected chi connectivity index (χ4v) is 4.85. The van der Waals surface area contributed by atoms with E-state index in [2.05, 4.69) is 17.6 Å². The lowest BCUT2D eigenvalue weighted by molar-refractivity contribution is -0.132. The minimum atomic E-state index is -0.594. The van der Waals surface area contributed by atoms with Crippen LogP contribution in [0.4, 0.5) is 4.79 Å². The Bertz CT molecular complexity index is 1320. The van der Waals surface area contributed by atoms with Crippen LogP contribution < -0.4 is 16.4 Å². The van der Waals surface area contributed by atoms with Gasteiger partial charge in [0.25, 0.3) is 0 Å². The monoisotopic (exact) mass is 497 g/mol. The number of amides is 2. The second-order valence-electron chi connectivity index (χ2n) is 9.16. The molecule has 7 nitrogen and oxygen atoms in total. The van der Waals surface area contributed by atoms with Crippen LogP contribution in [0.3, 0.4) is 0 Å². The number of nitrogens with zero attached hydrogens (tertiary/aromatic N) is 2. The number of primary amides is 1. The number of aromatic nitrogens is 1. The molecule has 37 heavy (non-hydrogen) atoms. The van der Waals surface area contributed by atoms with Gasteiger partial charge in [-0.25, -0.2) is 4.79 Å². The summed E-state index contributed by atoms with van der Waals surface area (Å²) in [7, 11) is 1.83. The SMILES string of the molecule is CCNCCNC(c1ccccc1)C(C(=O)N(C)Cc1ccccc1)c1cn(C(N)=O)c2ccccc12. The molecule has 0 bridgehead atoms. The molecule has 0 spiro atoms. The van der Waals surface area contributed by atoms with E-state index in [0.29, 0.717) is 18.6 Å². The zero-order valence-electron chi connectivity index (χ0n) is 21.4. The highest BCUT2D eigenvalue weighted by Gasteiger charge is 2.35. The van der Waals surface area contributed by atoms with Gasteiger partial charge in [-0.2, -0.15) is 0 Å². The second kappa shape index (κ2) is 12.3. The van der Waals surface area contributed by atoms with Crippen LogP contribution in [0.1, 0.15) is 35.6 Å². The number of likely N-dealkylation sites (N-methyl/N-ethyl adjacent to an activating group) is 2. The van der Waals surface area contributed by atoms with Crippen LogP contribution in [0.2, 0.25) is 0 Å². The molecule has 2 unspecified atom stereocenters. The van der Waals surface area contributed by atoms with Crippen LogP contribution >= 0.6 is 0 Å². The number of nitrogens with two attached hydrogens (primary N) is 1. The summed E-state index contributed by atoms with van der Waals surface area (Å²) in [4.78, 5) is 28.4. The van der Waals surface area contributed by atoms with Crippen LogP contribution in [0.25, 0.3) is 10.9 Å². The molecule has 4 rings (SSSR count). The Labute approximate surface area is 218 Å². The van der Waals surface area contributed by atoms with E-state index < -0.39 is 11.9 Å². The maximum absolute atomic E-state index is 14.3. The normalized spacial score (nSPS) is 12.8. The van der Waals surface area contributed by atoms with Crippen LogP contribution in [-0.2, 0) is 11.3 Å². The first-order chi connectivity index (χ1) is 18.0. The molecular formula is C30H35N5O2. The smallest absolute Gasteiger partial charge is 0.323 e. The molecule has 4 N–H and O–H groups in total. The molecule has 192 valence electrons. The lowest BCUT2D eigenvalue weighted by Gasteiger charge is -2.31. The van der Waals surface area contributed by atoms with Crippen LogP contribution in [0.5, 0.6) is 0 Å². The summed E-state index contributed by atoms with van der Waals surface area (Å²) in [5.41, 5.74) is 9.24. The van der Waals surface area contributed by atoms with Crippen molar-refractivity contribution >= 4 is 22.8 Å². The Balaban J connectivity index is 1.82. The summed E-state index contributed by atoms with van der Waals surface area (Å²) in [5, 5.41) is 7.82. The highest BCUT2D eigenvalue weighted by atomic mass is 16.2. The van der Waals surface area contributed by atoms with Gasteiger partial charge in [-0.05, 0) is 29.3 Å². The van der Waals surface area contributed by atoms with E-state index >= 15 is 0 Å². The van der Waals surface area contributed by atoms with E-state index in [-0.39, 0.29) is 11.9 Å². The molecule has 0 saturated heterocycles. The van der Waals surface area contributed by atoms with E-state index in [0.717, 1.165) is 35.2 Å². The van der Waals surface area contributed by atoms with E-state index in [4.69, 9.17) is 5.73 Å². The number of fused-ring (bicyclic) bond motifs is 1. The minimum absolute atomic E-state index is 0.0407. The third-order valence-corrected chi connectivity index (χ3v) is 6.63. The van der Waals surface area contributed by atoms with Crippen molar-refractivity contribution in [3.8, 4) is 0 Å². The van der Waals surface area contributed by atoms with E-state index in [1.54, 1.807) is 11.1 Å². The van der Waals surface area contributed by atoms with Crippen molar-refractivity contribution in [1.82, 2.24) is 20.1 Å². The molecule has 1 aromatic heterocycles. The number of rotatable bonds is 11. The van der Waals surface area contributed by atoms with Crippen molar-refractivity contribution in [2.45, 2.75) is 25.4 Å². The van der Waals surface area contributed by atoms with Crippen LogP contribution in [-0.4, -0.2) is 48.1 Å². The number of hydrogen-bond donors (Lipinski definition) is 3. The highest BCUT2D eigenvalue weighted by Crippen LogP contribution is 2.38. The van der Waals surface area contributed by atoms with Gasteiger partial charge in [-0.1, -0.05) is 85.8 Å². The van der Waals surface area contributed by atoms with Crippen molar-refractivity contribution in [2.24, 2.45) is 5.73 Å². The Kier molecular flexibility index (Phi) is 8.72. The third-order valence-electron chi connectivity index (χ3n) is 6.63. The van der Waals surface area contributed by atoms with Gasteiger partial charge in [0.1, 0.15) is 0 Å². The number of hydrogen-bond acceptors (Lipinski definition) is 4. The van der Waals surface area contributed by atoms with Crippen LogP contribution in [0.15, 0.2) is 91.1 Å². The maximum Gasteiger partial charge on any atom is 0.323 e. The fourth-order valence-electron chi connectivity index (χ4n) is 4.85. The lowest BCUT2D eigenvalue weighted by atomic mass is 9.85. The third kappa shape index (κ3) is 6.07. The predicted molar refractivity (Wildman–Crippen MR) is 148 cm³/mol. The molecule has 4 aromatic rings. The van der Waals surface area contributed by atoms with Gasteiger partial charge in [0.15, 0.2) is 0 Å². The van der Waals surface area contributed by atoms with Crippen molar-refractivity contribution in [3.63, 3.8) is 0 Å². The van der Waals surface area contributed by atoms with Crippen molar-refractivity contribution in [3.05, 3.63) is 108 Å². The summed E-state index contributed by atoms with van der Waals surface area (Å²) in [6.45, 7) is 4.85. The zero-order valence-corrected chi connectivity index (χ0v) is 21.4. The summed E-state index contributed by atoms with van der Waals surface area (Å²) in [6.07, 6.45) is 1.73. The van der Waals surface area contributed by atoms with E-state index in [1.165, 1.54) is 4.57 Å². The minimum Gasteiger partial charge on any atom is -0.351 e. The van der Waals surface area contributed by atoms with Gasteiger partial charge in [0.05, 0.1) is 11.4 Å². The van der Waals surface area contributed by atoms with Crippen LogP contribution in [0, 0.1) is 0 Å². The Hall–Kier alpha value is -3.94. The molecule has 0 aliphatic carbocycles. The van der Waals surface area contributed by atoms with Gasteiger partial charge in [0, 0.05) is 44.3 Å². The Morgan fingerprint density at radius 2 is 1.57 bits per heavy atom.